The highest BCUT2D eigenvalue weighted by Gasteiger charge is 2.38. The van der Waals surface area contributed by atoms with Crippen LogP contribution in [0.2, 0.25) is 0 Å². The van der Waals surface area contributed by atoms with E-state index in [2.05, 4.69) is 11.8 Å². The molecule has 0 spiro atoms. The summed E-state index contributed by atoms with van der Waals surface area (Å²) in [6.45, 7) is 4.22. The first kappa shape index (κ1) is 16.5. The molecule has 1 aromatic rings. The Morgan fingerprint density at radius 1 is 1.30 bits per heavy atom. The van der Waals surface area contributed by atoms with E-state index >= 15 is 0 Å². The van der Waals surface area contributed by atoms with Crippen molar-refractivity contribution in [3.63, 3.8) is 0 Å². The number of ether oxygens (including phenoxy) is 1. The maximum atomic E-state index is 11.3. The standard InChI is InChI=1S/C16H24N2O4S/c1-3-13-14-11-12(17(2)23(19,20)21)7-8-15(14)22-16(13)18-9-5-4-6-10-18/h7-8,11,13,16H,3-6,9-10H2,1-2H3,(H,19,20,21). The maximum Gasteiger partial charge on any atom is 0.359 e. The van der Waals surface area contributed by atoms with Crippen molar-refractivity contribution in [2.45, 2.75) is 44.8 Å². The second-order valence-corrected chi connectivity index (χ2v) is 7.73. The molecule has 2 heterocycles. The first-order valence-electron chi connectivity index (χ1n) is 8.18. The molecule has 128 valence electrons. The number of nitrogens with zero attached hydrogens (tertiary/aromatic N) is 2. The van der Waals surface area contributed by atoms with Gasteiger partial charge in [0.25, 0.3) is 0 Å². The molecule has 2 aliphatic heterocycles. The number of fused-ring (bicyclic) bond motifs is 1. The average Bonchev–Trinajstić information content (AvgIpc) is 2.91. The quantitative estimate of drug-likeness (QED) is 0.853. The molecule has 3 rings (SSSR count). The molecular formula is C16H24N2O4S. The zero-order valence-electron chi connectivity index (χ0n) is 13.6. The Kier molecular flexibility index (Phi) is 4.53. The summed E-state index contributed by atoms with van der Waals surface area (Å²) >= 11 is 0. The van der Waals surface area contributed by atoms with E-state index in [1.165, 1.54) is 26.3 Å². The van der Waals surface area contributed by atoms with Gasteiger partial charge in [-0.05, 0) is 37.5 Å². The molecule has 7 heteroatoms. The van der Waals surface area contributed by atoms with Gasteiger partial charge in [-0.1, -0.05) is 13.3 Å². The molecule has 0 aromatic heterocycles. The summed E-state index contributed by atoms with van der Waals surface area (Å²) in [5, 5.41) is 0. The highest BCUT2D eigenvalue weighted by atomic mass is 32.2. The summed E-state index contributed by atoms with van der Waals surface area (Å²) in [4.78, 5) is 2.39. The molecule has 6 nitrogen and oxygen atoms in total. The van der Waals surface area contributed by atoms with Crippen molar-refractivity contribution in [2.75, 3.05) is 24.4 Å². The van der Waals surface area contributed by atoms with E-state index in [9.17, 15) is 13.0 Å². The average molecular weight is 340 g/mol. The molecule has 2 atom stereocenters. The van der Waals surface area contributed by atoms with Gasteiger partial charge in [0, 0.05) is 31.6 Å². The fourth-order valence-electron chi connectivity index (χ4n) is 3.55. The van der Waals surface area contributed by atoms with Crippen LogP contribution in [0.25, 0.3) is 0 Å². The Labute approximate surface area is 137 Å². The van der Waals surface area contributed by atoms with Gasteiger partial charge in [-0.15, -0.1) is 0 Å². The lowest BCUT2D eigenvalue weighted by molar-refractivity contribution is 0.0104. The van der Waals surface area contributed by atoms with Crippen molar-refractivity contribution in [1.82, 2.24) is 4.90 Å². The predicted octanol–water partition coefficient (Wildman–Crippen LogP) is 2.62. The van der Waals surface area contributed by atoms with E-state index in [-0.39, 0.29) is 12.1 Å². The molecule has 2 aliphatic rings. The summed E-state index contributed by atoms with van der Waals surface area (Å²) in [6.07, 6.45) is 4.62. The number of rotatable bonds is 4. The second kappa shape index (κ2) is 6.30. The van der Waals surface area contributed by atoms with E-state index in [0.29, 0.717) is 5.69 Å². The van der Waals surface area contributed by atoms with Crippen LogP contribution >= 0.6 is 0 Å². The summed E-state index contributed by atoms with van der Waals surface area (Å²) in [5.41, 5.74) is 1.48. The summed E-state index contributed by atoms with van der Waals surface area (Å²) in [6, 6.07) is 5.29. The van der Waals surface area contributed by atoms with Crippen LogP contribution in [0.15, 0.2) is 18.2 Å². The van der Waals surface area contributed by atoms with Gasteiger partial charge in [0.2, 0.25) is 0 Å². The normalized spacial score (nSPS) is 25.0. The molecule has 0 aliphatic carbocycles. The highest BCUT2D eigenvalue weighted by Crippen LogP contribution is 2.43. The van der Waals surface area contributed by atoms with E-state index < -0.39 is 10.3 Å². The molecule has 1 saturated heterocycles. The summed E-state index contributed by atoms with van der Waals surface area (Å²) in [5.74, 6) is 1.04. The van der Waals surface area contributed by atoms with Gasteiger partial charge >= 0.3 is 10.3 Å². The molecule has 0 saturated carbocycles. The Hall–Kier alpha value is -1.31. The fraction of sp³-hybridized carbons (Fsp3) is 0.625. The van der Waals surface area contributed by atoms with Gasteiger partial charge in [-0.2, -0.15) is 8.42 Å². The Bertz CT molecular complexity index is 671. The second-order valence-electron chi connectivity index (χ2n) is 6.29. The maximum absolute atomic E-state index is 11.3. The lowest BCUT2D eigenvalue weighted by atomic mass is 9.94. The summed E-state index contributed by atoms with van der Waals surface area (Å²) in [7, 11) is -2.91. The first-order chi connectivity index (χ1) is 10.9. The molecular weight excluding hydrogens is 316 g/mol. The largest absolute Gasteiger partial charge is 0.474 e. The van der Waals surface area contributed by atoms with Crippen LogP contribution in [-0.4, -0.2) is 44.2 Å². The monoisotopic (exact) mass is 340 g/mol. The summed E-state index contributed by atoms with van der Waals surface area (Å²) < 4.78 is 38.9. The number of likely N-dealkylation sites (tertiary alicyclic amines) is 1. The zero-order valence-corrected chi connectivity index (χ0v) is 14.4. The van der Waals surface area contributed by atoms with Crippen LogP contribution in [0.1, 0.15) is 44.1 Å². The van der Waals surface area contributed by atoms with Crippen molar-refractivity contribution >= 4 is 16.0 Å². The van der Waals surface area contributed by atoms with E-state index in [1.54, 1.807) is 12.1 Å². The number of hydrogen-bond acceptors (Lipinski definition) is 4. The van der Waals surface area contributed by atoms with Crippen molar-refractivity contribution in [3.8, 4) is 5.75 Å². The molecule has 2 unspecified atom stereocenters. The van der Waals surface area contributed by atoms with Crippen LogP contribution in [0.4, 0.5) is 5.69 Å². The molecule has 0 radical (unpaired) electrons. The molecule has 1 N–H and O–H groups in total. The Balaban J connectivity index is 1.89. The van der Waals surface area contributed by atoms with Crippen LogP contribution in [0.3, 0.4) is 0 Å². The van der Waals surface area contributed by atoms with Crippen LogP contribution in [0, 0.1) is 0 Å². The molecule has 1 aromatic carbocycles. The minimum atomic E-state index is -4.25. The van der Waals surface area contributed by atoms with Gasteiger partial charge in [-0.25, -0.2) is 0 Å². The lowest BCUT2D eigenvalue weighted by Crippen LogP contribution is -2.43. The number of benzene rings is 1. The smallest absolute Gasteiger partial charge is 0.359 e. The predicted molar refractivity (Wildman–Crippen MR) is 89.3 cm³/mol. The van der Waals surface area contributed by atoms with Crippen LogP contribution in [-0.2, 0) is 10.3 Å². The first-order valence-corrected chi connectivity index (χ1v) is 9.57. The van der Waals surface area contributed by atoms with Crippen LogP contribution in [0.5, 0.6) is 5.75 Å². The Morgan fingerprint density at radius 3 is 2.61 bits per heavy atom. The van der Waals surface area contributed by atoms with Gasteiger partial charge in [-0.3, -0.25) is 13.8 Å². The molecule has 23 heavy (non-hydrogen) atoms. The molecule has 1 fully saturated rings. The third kappa shape index (κ3) is 3.18. The van der Waals surface area contributed by atoms with Crippen molar-refractivity contribution < 1.29 is 17.7 Å². The fourth-order valence-corrected chi connectivity index (χ4v) is 3.93. The van der Waals surface area contributed by atoms with Gasteiger partial charge in [0.1, 0.15) is 5.75 Å². The highest BCUT2D eigenvalue weighted by molar-refractivity contribution is 7.87. The third-order valence-corrected chi connectivity index (χ3v) is 5.79. The number of piperidine rings is 1. The molecule has 0 bridgehead atoms. The van der Waals surface area contributed by atoms with E-state index in [4.69, 9.17) is 4.74 Å². The zero-order chi connectivity index (χ0) is 16.6. The van der Waals surface area contributed by atoms with Crippen molar-refractivity contribution in [2.24, 2.45) is 0 Å². The lowest BCUT2D eigenvalue weighted by Gasteiger charge is -2.34. The van der Waals surface area contributed by atoms with E-state index in [1.807, 2.05) is 6.07 Å². The number of hydrogen-bond donors (Lipinski definition) is 1. The van der Waals surface area contributed by atoms with Crippen molar-refractivity contribution in [3.05, 3.63) is 23.8 Å². The minimum Gasteiger partial charge on any atom is -0.474 e. The number of anilines is 1. The SMILES string of the molecule is CCC1c2cc(N(C)S(=O)(=O)O)ccc2OC1N1CCCCC1. The minimum absolute atomic E-state index is 0.0292. The van der Waals surface area contributed by atoms with Crippen molar-refractivity contribution in [1.29, 1.82) is 0 Å². The third-order valence-electron chi connectivity index (χ3n) is 4.88. The van der Waals surface area contributed by atoms with Crippen LogP contribution < -0.4 is 9.04 Å². The topological polar surface area (TPSA) is 70.1 Å². The van der Waals surface area contributed by atoms with Gasteiger partial charge in [0.05, 0.1) is 5.69 Å². The molecule has 0 amide bonds. The van der Waals surface area contributed by atoms with Gasteiger partial charge < -0.3 is 4.74 Å². The van der Waals surface area contributed by atoms with Gasteiger partial charge in [0.15, 0.2) is 6.23 Å². The Morgan fingerprint density at radius 2 is 2.00 bits per heavy atom. The van der Waals surface area contributed by atoms with E-state index in [0.717, 1.165) is 35.1 Å².